The maximum atomic E-state index is 10.4. The molecule has 0 aliphatic carbocycles. The van der Waals surface area contributed by atoms with Crippen molar-refractivity contribution in [2.45, 2.75) is 116 Å². The van der Waals surface area contributed by atoms with Gasteiger partial charge < -0.3 is 5.11 Å². The quantitative estimate of drug-likeness (QED) is 0.217. The second-order valence-corrected chi connectivity index (χ2v) is 10.6. The van der Waals surface area contributed by atoms with Gasteiger partial charge in [-0.15, -0.1) is 0 Å². The average molecular weight is 439 g/mol. The molecular weight excluding hydrogens is 392 g/mol. The van der Waals surface area contributed by atoms with Crippen LogP contribution >= 0.6 is 23.5 Å². The number of aromatic hydroxyl groups is 1. The summed E-state index contributed by atoms with van der Waals surface area (Å²) in [7, 11) is 0. The summed E-state index contributed by atoms with van der Waals surface area (Å²) in [6.45, 7) is 6.59. The monoisotopic (exact) mass is 438 g/mol. The van der Waals surface area contributed by atoms with E-state index < -0.39 is 0 Å². The van der Waals surface area contributed by atoms with Gasteiger partial charge in [-0.2, -0.15) is 23.5 Å². The van der Waals surface area contributed by atoms with Crippen molar-refractivity contribution in [3.05, 3.63) is 28.8 Å². The second kappa shape index (κ2) is 18.5. The van der Waals surface area contributed by atoms with Gasteiger partial charge in [0.25, 0.3) is 0 Å². The zero-order chi connectivity index (χ0) is 21.2. The molecule has 0 aliphatic rings. The van der Waals surface area contributed by atoms with Gasteiger partial charge in [0.05, 0.1) is 0 Å². The Hall–Kier alpha value is -0.280. The SMILES string of the molecule is CCCCCCCCCSCc1cc(CSCCCCCCCC)cc(C)c1O. The number of phenols is 1. The summed E-state index contributed by atoms with van der Waals surface area (Å²) < 4.78 is 0. The van der Waals surface area contributed by atoms with E-state index in [1.165, 1.54) is 101 Å². The Balaban J connectivity index is 2.22. The van der Waals surface area contributed by atoms with Crippen molar-refractivity contribution in [2.75, 3.05) is 11.5 Å². The molecule has 168 valence electrons. The fraction of sp³-hybridized carbons (Fsp3) is 0.769. The number of hydrogen-bond acceptors (Lipinski definition) is 3. The van der Waals surface area contributed by atoms with Gasteiger partial charge in [-0.05, 0) is 42.4 Å². The van der Waals surface area contributed by atoms with Gasteiger partial charge in [0.15, 0.2) is 0 Å². The van der Waals surface area contributed by atoms with Crippen LogP contribution in [0.4, 0.5) is 0 Å². The zero-order valence-corrected chi connectivity index (χ0v) is 21.1. The second-order valence-electron chi connectivity index (χ2n) is 8.41. The molecule has 0 radical (unpaired) electrons. The molecule has 3 heteroatoms. The van der Waals surface area contributed by atoms with Crippen molar-refractivity contribution in [1.82, 2.24) is 0 Å². The van der Waals surface area contributed by atoms with Crippen molar-refractivity contribution in [2.24, 2.45) is 0 Å². The third-order valence-electron chi connectivity index (χ3n) is 5.50. The molecule has 0 heterocycles. The Kier molecular flexibility index (Phi) is 17.1. The molecule has 0 aliphatic heterocycles. The van der Waals surface area contributed by atoms with E-state index in [1.54, 1.807) is 0 Å². The summed E-state index contributed by atoms with van der Waals surface area (Å²) in [5, 5.41) is 10.4. The third-order valence-corrected chi connectivity index (χ3v) is 7.71. The number of benzene rings is 1. The van der Waals surface area contributed by atoms with Gasteiger partial charge in [0.2, 0.25) is 0 Å². The van der Waals surface area contributed by atoms with E-state index in [9.17, 15) is 5.11 Å². The van der Waals surface area contributed by atoms with Gasteiger partial charge in [-0.3, -0.25) is 0 Å². The first-order valence-corrected chi connectivity index (χ1v) is 14.5. The molecule has 0 unspecified atom stereocenters. The minimum Gasteiger partial charge on any atom is -0.507 e. The lowest BCUT2D eigenvalue weighted by Crippen LogP contribution is -1.92. The lowest BCUT2D eigenvalue weighted by Gasteiger charge is -2.11. The van der Waals surface area contributed by atoms with Crippen LogP contribution in [0.5, 0.6) is 5.75 Å². The van der Waals surface area contributed by atoms with Crippen LogP contribution in [-0.4, -0.2) is 16.6 Å². The van der Waals surface area contributed by atoms with E-state index in [-0.39, 0.29) is 0 Å². The molecule has 0 amide bonds. The highest BCUT2D eigenvalue weighted by atomic mass is 32.2. The molecule has 1 nitrogen and oxygen atoms in total. The van der Waals surface area contributed by atoms with Crippen LogP contribution in [0.3, 0.4) is 0 Å². The van der Waals surface area contributed by atoms with Gasteiger partial charge in [0.1, 0.15) is 5.75 Å². The fourth-order valence-electron chi connectivity index (χ4n) is 3.64. The molecule has 1 aromatic carbocycles. The number of aryl methyl sites for hydroxylation is 1. The summed E-state index contributed by atoms with van der Waals surface area (Å²) in [4.78, 5) is 0. The van der Waals surface area contributed by atoms with Crippen LogP contribution in [0.15, 0.2) is 12.1 Å². The largest absolute Gasteiger partial charge is 0.507 e. The van der Waals surface area contributed by atoms with Crippen LogP contribution in [0.1, 0.15) is 114 Å². The van der Waals surface area contributed by atoms with Crippen LogP contribution in [0, 0.1) is 6.92 Å². The Morgan fingerprint density at radius 2 is 1.14 bits per heavy atom. The predicted molar refractivity (Wildman–Crippen MR) is 137 cm³/mol. The van der Waals surface area contributed by atoms with Crippen LogP contribution in [0.2, 0.25) is 0 Å². The highest BCUT2D eigenvalue weighted by Gasteiger charge is 2.08. The van der Waals surface area contributed by atoms with E-state index in [4.69, 9.17) is 0 Å². The molecule has 1 N–H and O–H groups in total. The molecular formula is C26H46OS2. The average Bonchev–Trinajstić information content (AvgIpc) is 2.72. The Morgan fingerprint density at radius 3 is 1.69 bits per heavy atom. The molecule has 1 rings (SSSR count). The molecule has 0 fully saturated rings. The summed E-state index contributed by atoms with van der Waals surface area (Å²) >= 11 is 4.03. The highest BCUT2D eigenvalue weighted by molar-refractivity contribution is 7.98. The zero-order valence-electron chi connectivity index (χ0n) is 19.4. The predicted octanol–water partition coefficient (Wildman–Crippen LogP) is 9.28. The minimum absolute atomic E-state index is 0.515. The Morgan fingerprint density at radius 1 is 0.655 bits per heavy atom. The molecule has 0 saturated carbocycles. The molecule has 29 heavy (non-hydrogen) atoms. The van der Waals surface area contributed by atoms with Crippen LogP contribution < -0.4 is 0 Å². The molecule has 0 aromatic heterocycles. The number of thioether (sulfide) groups is 2. The third kappa shape index (κ3) is 13.6. The number of hydrogen-bond donors (Lipinski definition) is 1. The smallest absolute Gasteiger partial charge is 0.122 e. The van der Waals surface area contributed by atoms with E-state index >= 15 is 0 Å². The summed E-state index contributed by atoms with van der Waals surface area (Å²) in [5.74, 6) is 5.00. The van der Waals surface area contributed by atoms with Gasteiger partial charge in [0, 0.05) is 17.1 Å². The summed E-state index contributed by atoms with van der Waals surface area (Å²) in [6.07, 6.45) is 17.8. The van der Waals surface area contributed by atoms with E-state index in [2.05, 4.69) is 26.0 Å². The number of unbranched alkanes of at least 4 members (excludes halogenated alkanes) is 11. The highest BCUT2D eigenvalue weighted by Crippen LogP contribution is 2.29. The molecule has 0 spiro atoms. The molecule has 0 bridgehead atoms. The minimum atomic E-state index is 0.515. The number of phenolic OH excluding ortho intramolecular Hbond substituents is 1. The van der Waals surface area contributed by atoms with Crippen LogP contribution in [0.25, 0.3) is 0 Å². The first-order chi connectivity index (χ1) is 14.2. The fourth-order valence-corrected chi connectivity index (χ4v) is 5.59. The molecule has 0 saturated heterocycles. The molecule has 1 aromatic rings. The van der Waals surface area contributed by atoms with Gasteiger partial charge in [-0.25, -0.2) is 0 Å². The van der Waals surface area contributed by atoms with Crippen molar-refractivity contribution in [3.8, 4) is 5.75 Å². The van der Waals surface area contributed by atoms with E-state index in [0.29, 0.717) is 5.75 Å². The van der Waals surface area contributed by atoms with Crippen molar-refractivity contribution < 1.29 is 5.11 Å². The van der Waals surface area contributed by atoms with Crippen molar-refractivity contribution in [1.29, 1.82) is 0 Å². The molecule has 0 atom stereocenters. The topological polar surface area (TPSA) is 20.2 Å². The number of rotatable bonds is 19. The van der Waals surface area contributed by atoms with E-state index in [0.717, 1.165) is 22.6 Å². The van der Waals surface area contributed by atoms with Crippen LogP contribution in [-0.2, 0) is 11.5 Å². The Labute approximate surface area is 190 Å². The normalized spacial score (nSPS) is 11.3. The van der Waals surface area contributed by atoms with Gasteiger partial charge in [-0.1, -0.05) is 96.6 Å². The maximum absolute atomic E-state index is 10.4. The lowest BCUT2D eigenvalue weighted by molar-refractivity contribution is 0.466. The lowest BCUT2D eigenvalue weighted by atomic mass is 10.1. The van der Waals surface area contributed by atoms with E-state index in [1.807, 2.05) is 30.4 Å². The maximum Gasteiger partial charge on any atom is 0.122 e. The first-order valence-electron chi connectivity index (χ1n) is 12.2. The summed E-state index contributed by atoms with van der Waals surface area (Å²) in [6, 6.07) is 4.42. The van der Waals surface area contributed by atoms with Crippen molar-refractivity contribution >= 4 is 23.5 Å². The first kappa shape index (κ1) is 26.8. The van der Waals surface area contributed by atoms with Gasteiger partial charge >= 0.3 is 0 Å². The standard InChI is InChI=1S/C26H46OS2/c1-4-6-8-10-12-14-16-18-29-22-25-20-24(19-23(3)26(25)27)21-28-17-15-13-11-9-7-5-2/h19-20,27H,4-18,21-22H2,1-3H3. The summed E-state index contributed by atoms with van der Waals surface area (Å²) in [5.41, 5.74) is 3.55. The van der Waals surface area contributed by atoms with Crippen molar-refractivity contribution in [3.63, 3.8) is 0 Å². The Bertz CT molecular complexity index is 516.